The predicted octanol–water partition coefficient (Wildman–Crippen LogP) is 5.96. The first-order chi connectivity index (χ1) is 16.8. The second-order valence-electron chi connectivity index (χ2n) is 8.73. The zero-order valence-electron chi connectivity index (χ0n) is 19.1. The zero-order valence-corrected chi connectivity index (χ0v) is 19.1. The van der Waals surface area contributed by atoms with Gasteiger partial charge in [-0.25, -0.2) is 4.98 Å². The predicted molar refractivity (Wildman–Crippen MR) is 128 cm³/mol. The first kappa shape index (κ1) is 23.0. The van der Waals surface area contributed by atoms with Crippen LogP contribution >= 0.6 is 0 Å². The Morgan fingerprint density at radius 2 is 1.83 bits per heavy atom. The van der Waals surface area contributed by atoms with E-state index in [2.05, 4.69) is 4.57 Å². The number of hydrogen-bond donors (Lipinski definition) is 0. The second-order valence-corrected chi connectivity index (χ2v) is 8.73. The summed E-state index contributed by atoms with van der Waals surface area (Å²) >= 11 is 0. The third-order valence-electron chi connectivity index (χ3n) is 6.23. The number of carbonyl (C=O) groups is 1. The summed E-state index contributed by atoms with van der Waals surface area (Å²) < 4.78 is 47.6. The summed E-state index contributed by atoms with van der Waals surface area (Å²) in [5.74, 6) is 1.05. The molecule has 1 aromatic heterocycles. The quantitative estimate of drug-likeness (QED) is 0.343. The van der Waals surface area contributed by atoms with E-state index in [-0.39, 0.29) is 30.5 Å². The molecule has 0 aliphatic carbocycles. The molecule has 0 radical (unpaired) electrons. The first-order valence-electron chi connectivity index (χ1n) is 11.4. The third-order valence-corrected chi connectivity index (χ3v) is 6.23. The number of halogens is 3. The highest BCUT2D eigenvalue weighted by molar-refractivity contribution is 5.96. The number of nitrogens with zero attached hydrogens (tertiary/aromatic N) is 3. The number of alkyl halides is 3. The van der Waals surface area contributed by atoms with Crippen molar-refractivity contribution in [3.8, 4) is 5.75 Å². The van der Waals surface area contributed by atoms with Crippen molar-refractivity contribution in [2.75, 3.05) is 18.1 Å². The van der Waals surface area contributed by atoms with Gasteiger partial charge in [0, 0.05) is 24.6 Å². The van der Waals surface area contributed by atoms with E-state index < -0.39 is 11.7 Å². The van der Waals surface area contributed by atoms with Gasteiger partial charge in [-0.3, -0.25) is 4.79 Å². The average molecular weight is 480 g/mol. The van der Waals surface area contributed by atoms with Crippen molar-refractivity contribution >= 4 is 22.6 Å². The number of imidazole rings is 1. The van der Waals surface area contributed by atoms with Crippen molar-refractivity contribution in [1.82, 2.24) is 9.55 Å². The molecule has 3 aromatic carbocycles. The van der Waals surface area contributed by atoms with Crippen LogP contribution in [0.25, 0.3) is 11.0 Å². The molecule has 8 heteroatoms. The fraction of sp³-hybridized carbons (Fsp3) is 0.259. The fourth-order valence-corrected chi connectivity index (χ4v) is 4.58. The Hall–Kier alpha value is -3.81. The molecule has 1 atom stereocenters. The molecule has 0 saturated carbocycles. The maximum absolute atomic E-state index is 13.2. The minimum absolute atomic E-state index is 0.179. The lowest BCUT2D eigenvalue weighted by molar-refractivity contribution is -0.137. The molecule has 1 fully saturated rings. The molecule has 180 valence electrons. The van der Waals surface area contributed by atoms with Gasteiger partial charge in [-0.15, -0.1) is 0 Å². The number of para-hydroxylation sites is 2. The minimum atomic E-state index is -4.47. The summed E-state index contributed by atoms with van der Waals surface area (Å²) in [5, 5.41) is 0. The van der Waals surface area contributed by atoms with Gasteiger partial charge in [-0.2, -0.15) is 13.2 Å². The highest BCUT2D eigenvalue weighted by Crippen LogP contribution is 2.36. The van der Waals surface area contributed by atoms with Crippen LogP contribution in [0.3, 0.4) is 0 Å². The summed E-state index contributed by atoms with van der Waals surface area (Å²) in [4.78, 5) is 19.1. The maximum atomic E-state index is 13.2. The Labute approximate surface area is 200 Å². The van der Waals surface area contributed by atoms with Gasteiger partial charge in [0.1, 0.15) is 18.2 Å². The monoisotopic (exact) mass is 479 g/mol. The number of amides is 1. The fourth-order valence-electron chi connectivity index (χ4n) is 4.58. The lowest BCUT2D eigenvalue weighted by Gasteiger charge is -2.19. The van der Waals surface area contributed by atoms with Gasteiger partial charge in [-0.05, 0) is 55.0 Å². The number of benzene rings is 3. The molecular formula is C27H24F3N3O2. The van der Waals surface area contributed by atoms with Crippen LogP contribution in [0, 0.1) is 6.92 Å². The van der Waals surface area contributed by atoms with E-state index in [1.54, 1.807) is 0 Å². The van der Waals surface area contributed by atoms with Gasteiger partial charge >= 0.3 is 6.18 Å². The molecule has 1 aliphatic heterocycles. The number of fused-ring (bicyclic) bond motifs is 1. The Morgan fingerprint density at radius 3 is 2.63 bits per heavy atom. The van der Waals surface area contributed by atoms with E-state index in [1.165, 1.54) is 17.0 Å². The molecule has 0 N–H and O–H groups in total. The van der Waals surface area contributed by atoms with Crippen LogP contribution in [-0.4, -0.2) is 28.6 Å². The van der Waals surface area contributed by atoms with Crippen molar-refractivity contribution in [2.24, 2.45) is 0 Å². The van der Waals surface area contributed by atoms with Crippen LogP contribution in [0.5, 0.6) is 5.75 Å². The number of carbonyl (C=O) groups excluding carboxylic acids is 1. The van der Waals surface area contributed by atoms with Crippen molar-refractivity contribution in [2.45, 2.75) is 32.0 Å². The van der Waals surface area contributed by atoms with E-state index in [0.29, 0.717) is 13.2 Å². The van der Waals surface area contributed by atoms with Gasteiger partial charge in [0.15, 0.2) is 0 Å². The Balaban J connectivity index is 1.40. The molecule has 4 aromatic rings. The lowest BCUT2D eigenvalue weighted by atomic mass is 10.1. The highest BCUT2D eigenvalue weighted by atomic mass is 19.4. The normalized spacial score (nSPS) is 16.3. The Kier molecular flexibility index (Phi) is 5.96. The summed E-state index contributed by atoms with van der Waals surface area (Å²) in [6, 6.07) is 20.4. The van der Waals surface area contributed by atoms with E-state index in [1.807, 2.05) is 55.5 Å². The molecule has 1 saturated heterocycles. The summed E-state index contributed by atoms with van der Waals surface area (Å²) in [6.45, 7) is 3.21. The standard InChI is InChI=1S/C27H24F3N3O2/c1-18-6-4-9-22(14-18)35-13-12-32-24-11-3-2-10-23(24)31-26(32)19-15-25(34)33(17-19)21-8-5-7-20(16-21)27(28,29)30/h2-11,14,16,19H,12-13,15,17H2,1H3. The van der Waals surface area contributed by atoms with Crippen LogP contribution in [-0.2, 0) is 17.5 Å². The van der Waals surface area contributed by atoms with Crippen molar-refractivity contribution in [3.63, 3.8) is 0 Å². The summed E-state index contributed by atoms with van der Waals surface area (Å²) in [5.41, 5.74) is 2.32. The van der Waals surface area contributed by atoms with Gasteiger partial charge in [0.2, 0.25) is 5.91 Å². The van der Waals surface area contributed by atoms with Gasteiger partial charge < -0.3 is 14.2 Å². The van der Waals surface area contributed by atoms with Gasteiger partial charge in [-0.1, -0.05) is 30.3 Å². The van der Waals surface area contributed by atoms with Crippen LogP contribution in [0.4, 0.5) is 18.9 Å². The molecular weight excluding hydrogens is 455 g/mol. The topological polar surface area (TPSA) is 47.4 Å². The number of aryl methyl sites for hydroxylation is 1. The number of ether oxygens (including phenoxy) is 1. The van der Waals surface area contributed by atoms with E-state index >= 15 is 0 Å². The molecule has 5 rings (SSSR count). The average Bonchev–Trinajstić information content (AvgIpc) is 3.39. The minimum Gasteiger partial charge on any atom is -0.492 e. The Morgan fingerprint density at radius 1 is 1.03 bits per heavy atom. The first-order valence-corrected chi connectivity index (χ1v) is 11.4. The van der Waals surface area contributed by atoms with Crippen molar-refractivity contribution in [1.29, 1.82) is 0 Å². The maximum Gasteiger partial charge on any atom is 0.416 e. The summed E-state index contributed by atoms with van der Waals surface area (Å²) in [7, 11) is 0. The van der Waals surface area contributed by atoms with Crippen molar-refractivity contribution < 1.29 is 22.7 Å². The smallest absolute Gasteiger partial charge is 0.416 e. The third kappa shape index (κ3) is 4.73. The number of aromatic nitrogens is 2. The number of anilines is 1. The highest BCUT2D eigenvalue weighted by Gasteiger charge is 2.36. The van der Waals surface area contributed by atoms with E-state index in [9.17, 15) is 18.0 Å². The number of rotatable bonds is 6. The molecule has 5 nitrogen and oxygen atoms in total. The van der Waals surface area contributed by atoms with E-state index in [4.69, 9.17) is 9.72 Å². The molecule has 1 aliphatic rings. The van der Waals surface area contributed by atoms with Gasteiger partial charge in [0.05, 0.1) is 23.1 Å². The molecule has 0 bridgehead atoms. The summed E-state index contributed by atoms with van der Waals surface area (Å²) in [6.07, 6.45) is -4.29. The largest absolute Gasteiger partial charge is 0.492 e. The zero-order chi connectivity index (χ0) is 24.6. The van der Waals surface area contributed by atoms with Crippen LogP contribution in [0.15, 0.2) is 72.8 Å². The molecule has 1 amide bonds. The molecule has 2 heterocycles. The molecule has 35 heavy (non-hydrogen) atoms. The Bertz CT molecular complexity index is 1380. The number of hydrogen-bond acceptors (Lipinski definition) is 3. The SMILES string of the molecule is Cc1cccc(OCCn2c(C3CC(=O)N(c4cccc(C(F)(F)F)c4)C3)nc3ccccc32)c1. The van der Waals surface area contributed by atoms with Crippen LogP contribution < -0.4 is 9.64 Å². The molecule has 0 spiro atoms. The lowest BCUT2D eigenvalue weighted by Crippen LogP contribution is -2.25. The van der Waals surface area contributed by atoms with Crippen LogP contribution in [0.2, 0.25) is 0 Å². The van der Waals surface area contributed by atoms with Gasteiger partial charge in [0.25, 0.3) is 0 Å². The van der Waals surface area contributed by atoms with Crippen LogP contribution in [0.1, 0.15) is 29.3 Å². The van der Waals surface area contributed by atoms with E-state index in [0.717, 1.165) is 40.3 Å². The molecule has 1 unspecified atom stereocenters. The second kappa shape index (κ2) is 9.09. The van der Waals surface area contributed by atoms with Crippen molar-refractivity contribution in [3.05, 3.63) is 89.7 Å².